The number of aliphatic hydroxyl groups is 1. The smallest absolute Gasteiger partial charge is 0.462 e. The van der Waals surface area contributed by atoms with E-state index in [2.05, 4.69) is 48.5 Å². The van der Waals surface area contributed by atoms with Gasteiger partial charge in [0, 0.05) is 25.7 Å². The predicted octanol–water partition coefficient (Wildman–Crippen LogP) is 22.2. The third-order valence-corrected chi connectivity index (χ3v) is 20.3. The Morgan fingerprint density at radius 1 is 0.305 bits per heavy atom. The lowest BCUT2D eigenvalue weighted by Crippen LogP contribution is -2.30. The van der Waals surface area contributed by atoms with Gasteiger partial charge in [-0.3, -0.25) is 37.3 Å². The van der Waals surface area contributed by atoms with E-state index in [1.54, 1.807) is 0 Å². The van der Waals surface area contributed by atoms with Crippen LogP contribution >= 0.6 is 15.6 Å². The Hall–Kier alpha value is -1.94. The maximum absolute atomic E-state index is 13.1. The van der Waals surface area contributed by atoms with Gasteiger partial charge in [-0.25, -0.2) is 9.13 Å². The monoisotopic (exact) mass is 1400 g/mol. The highest BCUT2D eigenvalue weighted by Crippen LogP contribution is 2.45. The molecule has 19 heteroatoms. The molecule has 17 nitrogen and oxygen atoms in total. The highest BCUT2D eigenvalue weighted by atomic mass is 31.2. The zero-order valence-electron chi connectivity index (χ0n) is 62.1. The van der Waals surface area contributed by atoms with Crippen LogP contribution in [0.15, 0.2) is 0 Å². The maximum Gasteiger partial charge on any atom is 0.472 e. The van der Waals surface area contributed by atoms with Crippen molar-refractivity contribution in [3.8, 4) is 0 Å². The van der Waals surface area contributed by atoms with Crippen LogP contribution in [0.4, 0.5) is 0 Å². The molecule has 0 fully saturated rings. The zero-order valence-corrected chi connectivity index (χ0v) is 63.9. The summed E-state index contributed by atoms with van der Waals surface area (Å²) in [6.45, 7) is 11.9. The number of carbonyl (C=O) groups excluding carboxylic acids is 4. The minimum Gasteiger partial charge on any atom is -0.462 e. The van der Waals surface area contributed by atoms with Crippen LogP contribution in [0.5, 0.6) is 0 Å². The topological polar surface area (TPSA) is 237 Å². The summed E-state index contributed by atoms with van der Waals surface area (Å²) in [6, 6.07) is 0. The van der Waals surface area contributed by atoms with Crippen molar-refractivity contribution in [2.45, 2.75) is 407 Å². The molecule has 0 aromatic carbocycles. The first-order valence-electron chi connectivity index (χ1n) is 39.4. The van der Waals surface area contributed by atoms with Crippen LogP contribution < -0.4 is 0 Å². The third-order valence-electron chi connectivity index (χ3n) is 18.4. The summed E-state index contributed by atoms with van der Waals surface area (Å²) in [6.07, 6.45) is 52.9. The van der Waals surface area contributed by atoms with Gasteiger partial charge < -0.3 is 33.8 Å². The highest BCUT2D eigenvalue weighted by Gasteiger charge is 2.30. The maximum atomic E-state index is 13.1. The van der Waals surface area contributed by atoms with Gasteiger partial charge in [0.05, 0.1) is 26.4 Å². The molecule has 0 radical (unpaired) electrons. The summed E-state index contributed by atoms with van der Waals surface area (Å²) >= 11 is 0. The molecule has 0 bridgehead atoms. The van der Waals surface area contributed by atoms with E-state index in [-0.39, 0.29) is 25.7 Å². The van der Waals surface area contributed by atoms with Crippen molar-refractivity contribution in [1.29, 1.82) is 0 Å². The molecule has 0 aliphatic carbocycles. The normalized spacial score (nSPS) is 14.6. The van der Waals surface area contributed by atoms with Gasteiger partial charge in [0.1, 0.15) is 19.3 Å². The van der Waals surface area contributed by atoms with Crippen molar-refractivity contribution in [1.82, 2.24) is 0 Å². The van der Waals surface area contributed by atoms with Gasteiger partial charge in [0.25, 0.3) is 0 Å². The minimum absolute atomic E-state index is 0.105. The Labute approximate surface area is 581 Å². The van der Waals surface area contributed by atoms with E-state index < -0.39 is 97.5 Å². The Morgan fingerprint density at radius 3 is 0.800 bits per heavy atom. The number of phosphoric ester groups is 2. The number of esters is 4. The van der Waals surface area contributed by atoms with Crippen LogP contribution in [0.3, 0.4) is 0 Å². The van der Waals surface area contributed by atoms with E-state index in [1.165, 1.54) is 186 Å². The van der Waals surface area contributed by atoms with E-state index >= 15 is 0 Å². The van der Waals surface area contributed by atoms with Crippen molar-refractivity contribution in [2.75, 3.05) is 39.6 Å². The molecule has 7 atom stereocenters. The Kier molecular flexibility index (Phi) is 65.2. The molecule has 564 valence electrons. The molecule has 0 aliphatic heterocycles. The van der Waals surface area contributed by atoms with Crippen molar-refractivity contribution < 1.29 is 80.2 Å². The fourth-order valence-electron chi connectivity index (χ4n) is 11.5. The molecule has 0 saturated heterocycles. The number of aliphatic hydroxyl groups excluding tert-OH is 1. The fraction of sp³-hybridized carbons (Fsp3) is 0.947. The second kappa shape index (κ2) is 66.6. The Morgan fingerprint density at radius 2 is 0.537 bits per heavy atom. The number of unbranched alkanes of at least 4 members (excludes halogenated alkanes) is 40. The molecular formula is C76H148O17P2. The number of hydrogen-bond donors (Lipinski definition) is 3. The summed E-state index contributed by atoms with van der Waals surface area (Å²) in [7, 11) is -9.91. The molecule has 4 unspecified atom stereocenters. The van der Waals surface area contributed by atoms with E-state index in [4.69, 9.17) is 37.0 Å². The summed E-state index contributed by atoms with van der Waals surface area (Å²) in [5.41, 5.74) is 0. The van der Waals surface area contributed by atoms with E-state index in [9.17, 15) is 43.2 Å². The molecule has 0 amide bonds. The Balaban J connectivity index is 5.16. The van der Waals surface area contributed by atoms with Crippen LogP contribution in [0.1, 0.15) is 389 Å². The average molecular weight is 1400 g/mol. The van der Waals surface area contributed by atoms with Gasteiger partial charge in [0.15, 0.2) is 12.2 Å². The average Bonchev–Trinajstić information content (AvgIpc) is 1.54. The second-order valence-corrected chi connectivity index (χ2v) is 31.3. The van der Waals surface area contributed by atoms with Gasteiger partial charge >= 0.3 is 39.5 Å². The van der Waals surface area contributed by atoms with E-state index in [0.717, 1.165) is 120 Å². The molecule has 0 aliphatic rings. The molecule has 0 rings (SSSR count). The predicted molar refractivity (Wildman–Crippen MR) is 386 cm³/mol. The van der Waals surface area contributed by atoms with Crippen molar-refractivity contribution >= 4 is 39.5 Å². The number of rotatable bonds is 74. The first-order chi connectivity index (χ1) is 45.8. The first-order valence-corrected chi connectivity index (χ1v) is 42.4. The van der Waals surface area contributed by atoms with Crippen molar-refractivity contribution in [3.05, 3.63) is 0 Å². The molecule has 0 heterocycles. The number of hydrogen-bond acceptors (Lipinski definition) is 15. The Bertz CT molecular complexity index is 1860. The summed E-state index contributed by atoms with van der Waals surface area (Å²) < 4.78 is 68.4. The van der Waals surface area contributed by atoms with Gasteiger partial charge in [-0.05, 0) is 43.4 Å². The van der Waals surface area contributed by atoms with E-state index in [1.807, 2.05) is 0 Å². The van der Waals surface area contributed by atoms with E-state index in [0.29, 0.717) is 25.7 Å². The molecule has 0 aromatic rings. The first kappa shape index (κ1) is 93.1. The van der Waals surface area contributed by atoms with Gasteiger partial charge in [0.2, 0.25) is 0 Å². The largest absolute Gasteiger partial charge is 0.472 e. The van der Waals surface area contributed by atoms with Gasteiger partial charge in [-0.2, -0.15) is 0 Å². The second-order valence-electron chi connectivity index (χ2n) is 28.4. The van der Waals surface area contributed by atoms with Crippen LogP contribution in [-0.4, -0.2) is 96.7 Å². The summed E-state index contributed by atoms with van der Waals surface area (Å²) in [5.74, 6) is 0.293. The van der Waals surface area contributed by atoms with Gasteiger partial charge in [-0.1, -0.05) is 337 Å². The summed E-state index contributed by atoms with van der Waals surface area (Å²) in [4.78, 5) is 72.6. The SMILES string of the molecule is CCCCCCCCCC(=O)OC[C@H](COP(=O)(O)OC[C@H](O)COP(=O)(O)OC[C@@H](COC(=O)CCCCCCCCCCCCC(C)CC)OC(=O)CCCCCCCCCCCCCCCCCCCCC(C)CC)OC(=O)CCCCCCCCCCCC(C)C. The highest BCUT2D eigenvalue weighted by molar-refractivity contribution is 7.47. The lowest BCUT2D eigenvalue weighted by atomic mass is 9.99. The van der Waals surface area contributed by atoms with Crippen LogP contribution in [0, 0.1) is 17.8 Å². The lowest BCUT2D eigenvalue weighted by Gasteiger charge is -2.21. The number of ether oxygens (including phenoxy) is 4. The molecular weight excluding hydrogens is 1250 g/mol. The molecule has 0 spiro atoms. The minimum atomic E-state index is -4.96. The lowest BCUT2D eigenvalue weighted by molar-refractivity contribution is -0.161. The summed E-state index contributed by atoms with van der Waals surface area (Å²) in [5, 5.41) is 10.6. The van der Waals surface area contributed by atoms with Crippen LogP contribution in [0.25, 0.3) is 0 Å². The molecule has 0 aromatic heterocycles. The van der Waals surface area contributed by atoms with Crippen molar-refractivity contribution in [2.24, 2.45) is 17.8 Å². The van der Waals surface area contributed by atoms with Crippen molar-refractivity contribution in [3.63, 3.8) is 0 Å². The quantitative estimate of drug-likeness (QED) is 0.0222. The number of carbonyl (C=O) groups is 4. The molecule has 0 saturated carbocycles. The molecule has 95 heavy (non-hydrogen) atoms. The zero-order chi connectivity index (χ0) is 70.1. The number of phosphoric acid groups is 2. The van der Waals surface area contributed by atoms with Gasteiger partial charge in [-0.15, -0.1) is 0 Å². The molecule has 3 N–H and O–H groups in total. The van der Waals surface area contributed by atoms with Crippen LogP contribution in [-0.2, 0) is 65.4 Å². The van der Waals surface area contributed by atoms with Crippen LogP contribution in [0.2, 0.25) is 0 Å². The fourth-order valence-corrected chi connectivity index (χ4v) is 13.1. The third kappa shape index (κ3) is 67.6. The standard InChI is InChI=1S/C76H148O17P2/c1-8-11-12-13-33-43-50-57-73(78)86-63-71(92-76(81)60-53-46-39-32-26-27-34-40-47-54-67(4)5)65-90-94(82,83)88-61-70(77)62-89-95(84,85)91-66-72(64-87-74(79)58-51-44-37-30-25-24-29-36-42-49-56-69(7)10-3)93-75(80)59-52-45-38-31-23-21-19-17-15-14-16-18-20-22-28-35-41-48-55-68(6)9-2/h67-72,77H,8-66H2,1-7H3,(H,82,83)(H,84,85)/t68?,69?,70-,71+,72+/m0/s1.